The lowest BCUT2D eigenvalue weighted by Gasteiger charge is -2.18. The van der Waals surface area contributed by atoms with Crippen LogP contribution in [0.5, 0.6) is 11.5 Å². The molecule has 1 aromatic carbocycles. The van der Waals surface area contributed by atoms with Gasteiger partial charge in [-0.2, -0.15) is 0 Å². The normalized spacial score (nSPS) is 13.4. The second kappa shape index (κ2) is 5.43. The first-order valence-electron chi connectivity index (χ1n) is 5.92. The number of hydrogen-bond donors (Lipinski definition) is 0. The first-order valence-corrected chi connectivity index (χ1v) is 7.53. The molecule has 19 heavy (non-hydrogen) atoms. The average molecular weight is 338 g/mol. The molecule has 0 fully saturated rings. The number of hydrogen-bond acceptors (Lipinski definition) is 4. The molecule has 2 heterocycles. The SMILES string of the molecule is Cc1cc(Sc2ccc3c(c2)OCCO3)ncc1Br. The molecule has 1 aromatic heterocycles. The molecule has 0 N–H and O–H groups in total. The van der Waals surface area contributed by atoms with Crippen LogP contribution < -0.4 is 9.47 Å². The van der Waals surface area contributed by atoms with E-state index in [0.29, 0.717) is 13.2 Å². The van der Waals surface area contributed by atoms with Gasteiger partial charge in [0.2, 0.25) is 0 Å². The largest absolute Gasteiger partial charge is 0.486 e. The quantitative estimate of drug-likeness (QED) is 0.826. The van der Waals surface area contributed by atoms with Crippen LogP contribution in [0.2, 0.25) is 0 Å². The Bertz CT molecular complexity index is 618. The van der Waals surface area contributed by atoms with Gasteiger partial charge >= 0.3 is 0 Å². The minimum Gasteiger partial charge on any atom is -0.486 e. The van der Waals surface area contributed by atoms with Gasteiger partial charge in [0.15, 0.2) is 11.5 Å². The van der Waals surface area contributed by atoms with Crippen molar-refractivity contribution in [3.8, 4) is 11.5 Å². The van der Waals surface area contributed by atoms with Crippen molar-refractivity contribution in [1.29, 1.82) is 0 Å². The highest BCUT2D eigenvalue weighted by Crippen LogP contribution is 2.36. The summed E-state index contributed by atoms with van der Waals surface area (Å²) in [5.74, 6) is 1.63. The van der Waals surface area contributed by atoms with Gasteiger partial charge in [-0.05, 0) is 52.7 Å². The van der Waals surface area contributed by atoms with Crippen molar-refractivity contribution in [3.05, 3.63) is 40.5 Å². The number of aryl methyl sites for hydroxylation is 1. The summed E-state index contributed by atoms with van der Waals surface area (Å²) in [7, 11) is 0. The molecule has 1 aliphatic heterocycles. The minimum atomic E-state index is 0.608. The average Bonchev–Trinajstić information content (AvgIpc) is 2.43. The van der Waals surface area contributed by atoms with Crippen LogP contribution in [0.1, 0.15) is 5.56 Å². The third-order valence-electron chi connectivity index (χ3n) is 2.76. The lowest BCUT2D eigenvalue weighted by Crippen LogP contribution is -2.15. The number of rotatable bonds is 2. The number of fused-ring (bicyclic) bond motifs is 1. The van der Waals surface area contributed by atoms with Crippen LogP contribution in [0, 0.1) is 6.92 Å². The van der Waals surface area contributed by atoms with Gasteiger partial charge in [-0.1, -0.05) is 11.8 Å². The van der Waals surface area contributed by atoms with Gasteiger partial charge in [0, 0.05) is 15.6 Å². The number of nitrogens with zero attached hydrogens (tertiary/aromatic N) is 1. The number of benzene rings is 1. The maximum Gasteiger partial charge on any atom is 0.162 e. The van der Waals surface area contributed by atoms with E-state index in [-0.39, 0.29) is 0 Å². The Morgan fingerprint density at radius 1 is 1.16 bits per heavy atom. The zero-order chi connectivity index (χ0) is 13.2. The van der Waals surface area contributed by atoms with Gasteiger partial charge in [0.05, 0.1) is 0 Å². The predicted octanol–water partition coefficient (Wildman–Crippen LogP) is 4.07. The van der Waals surface area contributed by atoms with Crippen LogP contribution in [0.3, 0.4) is 0 Å². The van der Waals surface area contributed by atoms with Crippen molar-refractivity contribution in [1.82, 2.24) is 4.98 Å². The minimum absolute atomic E-state index is 0.608. The van der Waals surface area contributed by atoms with E-state index in [0.717, 1.165) is 25.9 Å². The summed E-state index contributed by atoms with van der Waals surface area (Å²) in [6, 6.07) is 8.03. The second-order valence-electron chi connectivity index (χ2n) is 4.18. The van der Waals surface area contributed by atoms with Gasteiger partial charge in [-0.15, -0.1) is 0 Å². The van der Waals surface area contributed by atoms with Gasteiger partial charge < -0.3 is 9.47 Å². The molecular weight excluding hydrogens is 326 g/mol. The Hall–Kier alpha value is -1.20. The monoisotopic (exact) mass is 337 g/mol. The molecule has 3 rings (SSSR count). The maximum atomic E-state index is 5.58. The summed E-state index contributed by atoms with van der Waals surface area (Å²) in [4.78, 5) is 5.49. The van der Waals surface area contributed by atoms with Gasteiger partial charge in [-0.25, -0.2) is 4.98 Å². The van der Waals surface area contributed by atoms with Crippen LogP contribution in [-0.2, 0) is 0 Å². The van der Waals surface area contributed by atoms with Crippen LogP contribution in [0.4, 0.5) is 0 Å². The zero-order valence-electron chi connectivity index (χ0n) is 10.4. The summed E-state index contributed by atoms with van der Waals surface area (Å²) < 4.78 is 12.1. The number of ether oxygens (including phenoxy) is 2. The second-order valence-corrected chi connectivity index (χ2v) is 6.13. The summed E-state index contributed by atoms with van der Waals surface area (Å²) in [5.41, 5.74) is 1.18. The first kappa shape index (κ1) is 12.8. The standard InChI is InChI=1S/C14H12BrNO2S/c1-9-6-14(16-8-11(9)15)19-10-2-3-12-13(7-10)18-5-4-17-12/h2-3,6-8H,4-5H2,1H3. The molecule has 0 atom stereocenters. The number of aromatic nitrogens is 1. The molecule has 5 heteroatoms. The van der Waals surface area contributed by atoms with Crippen molar-refractivity contribution < 1.29 is 9.47 Å². The van der Waals surface area contributed by atoms with E-state index < -0.39 is 0 Å². The molecule has 0 saturated carbocycles. The highest BCUT2D eigenvalue weighted by Gasteiger charge is 2.12. The van der Waals surface area contributed by atoms with E-state index in [2.05, 4.69) is 33.9 Å². The fraction of sp³-hybridized carbons (Fsp3) is 0.214. The third-order valence-corrected chi connectivity index (χ3v) is 4.51. The van der Waals surface area contributed by atoms with E-state index in [4.69, 9.17) is 9.47 Å². The third kappa shape index (κ3) is 2.87. The number of halogens is 1. The molecule has 2 aromatic rings. The Morgan fingerprint density at radius 2 is 1.95 bits per heavy atom. The highest BCUT2D eigenvalue weighted by atomic mass is 79.9. The fourth-order valence-corrected chi connectivity index (χ4v) is 2.88. The van der Waals surface area contributed by atoms with Gasteiger partial charge in [-0.3, -0.25) is 0 Å². The van der Waals surface area contributed by atoms with E-state index in [1.165, 1.54) is 5.56 Å². The Balaban J connectivity index is 1.84. The smallest absolute Gasteiger partial charge is 0.162 e. The molecular formula is C14H12BrNO2S. The van der Waals surface area contributed by atoms with Crippen molar-refractivity contribution in [3.63, 3.8) is 0 Å². The molecule has 0 saturated heterocycles. The van der Waals surface area contributed by atoms with Crippen molar-refractivity contribution in [2.45, 2.75) is 16.8 Å². The molecule has 3 nitrogen and oxygen atoms in total. The Kier molecular flexibility index (Phi) is 3.66. The summed E-state index contributed by atoms with van der Waals surface area (Å²) in [5, 5.41) is 0.970. The van der Waals surface area contributed by atoms with E-state index >= 15 is 0 Å². The van der Waals surface area contributed by atoms with E-state index in [9.17, 15) is 0 Å². The van der Waals surface area contributed by atoms with Crippen molar-refractivity contribution in [2.24, 2.45) is 0 Å². The molecule has 0 bridgehead atoms. The molecule has 98 valence electrons. The van der Waals surface area contributed by atoms with Crippen LogP contribution in [0.15, 0.2) is 44.9 Å². The molecule has 1 aliphatic rings. The highest BCUT2D eigenvalue weighted by molar-refractivity contribution is 9.10. The lowest BCUT2D eigenvalue weighted by atomic mass is 10.3. The molecule has 0 spiro atoms. The Morgan fingerprint density at radius 3 is 2.74 bits per heavy atom. The molecule has 0 radical (unpaired) electrons. The first-order chi connectivity index (χ1) is 9.22. The van der Waals surface area contributed by atoms with Gasteiger partial charge in [0.25, 0.3) is 0 Å². The summed E-state index contributed by atoms with van der Waals surface area (Å²) in [6.07, 6.45) is 1.83. The molecule has 0 aliphatic carbocycles. The topological polar surface area (TPSA) is 31.4 Å². The molecule has 0 amide bonds. The van der Waals surface area contributed by atoms with E-state index in [1.54, 1.807) is 11.8 Å². The zero-order valence-corrected chi connectivity index (χ0v) is 12.8. The fourth-order valence-electron chi connectivity index (χ4n) is 1.78. The maximum absolute atomic E-state index is 5.58. The predicted molar refractivity (Wildman–Crippen MR) is 78.2 cm³/mol. The van der Waals surface area contributed by atoms with E-state index in [1.807, 2.05) is 24.4 Å². The van der Waals surface area contributed by atoms with Gasteiger partial charge in [0.1, 0.15) is 18.2 Å². The lowest BCUT2D eigenvalue weighted by molar-refractivity contribution is 0.171. The molecule has 0 unspecified atom stereocenters. The number of pyridine rings is 1. The van der Waals surface area contributed by atoms with Crippen LogP contribution in [-0.4, -0.2) is 18.2 Å². The summed E-state index contributed by atoms with van der Waals surface area (Å²) >= 11 is 5.07. The van der Waals surface area contributed by atoms with Crippen LogP contribution >= 0.6 is 27.7 Å². The van der Waals surface area contributed by atoms with Crippen molar-refractivity contribution >= 4 is 27.7 Å². The summed E-state index contributed by atoms with van der Waals surface area (Å²) in [6.45, 7) is 3.28. The Labute approximate surface area is 124 Å². The van der Waals surface area contributed by atoms with Crippen LogP contribution in [0.25, 0.3) is 0 Å². The van der Waals surface area contributed by atoms with Crippen molar-refractivity contribution in [2.75, 3.05) is 13.2 Å².